The molecule has 2 aromatic rings. The molecule has 10 heteroatoms. The summed E-state index contributed by atoms with van der Waals surface area (Å²) >= 11 is 9.32. The van der Waals surface area contributed by atoms with Crippen molar-refractivity contribution in [1.82, 2.24) is 9.47 Å². The Morgan fingerprint density at radius 3 is 2.44 bits per heavy atom. The van der Waals surface area contributed by atoms with E-state index in [2.05, 4.69) is 0 Å². The summed E-state index contributed by atoms with van der Waals surface area (Å²) in [6.45, 7) is 0. The van der Waals surface area contributed by atoms with Crippen LogP contribution >= 0.6 is 47.1 Å². The van der Waals surface area contributed by atoms with Crippen LogP contribution in [-0.4, -0.2) is 40.9 Å². The summed E-state index contributed by atoms with van der Waals surface area (Å²) in [7, 11) is 6.90. The van der Waals surface area contributed by atoms with Crippen LogP contribution < -0.4 is 24.4 Å². The molecule has 0 unspecified atom stereocenters. The molecule has 140 valence electrons. The Hall–Kier alpha value is -1.75. The average Bonchev–Trinajstić information content (AvgIpc) is 3.23. The number of fused-ring (bicyclic) bond motifs is 1. The van der Waals surface area contributed by atoms with Gasteiger partial charge in [0.1, 0.15) is 29.2 Å². The molecule has 0 aliphatic carbocycles. The molecule has 6 nitrogen and oxygen atoms in total. The summed E-state index contributed by atoms with van der Waals surface area (Å²) in [4.78, 5) is 30.4. The number of hydrogen-bond donors (Lipinski definition) is 0. The van der Waals surface area contributed by atoms with Crippen molar-refractivity contribution < 1.29 is 9.53 Å². The monoisotopic (exact) mass is 437 g/mol. The van der Waals surface area contributed by atoms with E-state index in [4.69, 9.17) is 17.0 Å². The number of rotatable bonds is 1. The second-order valence-electron chi connectivity index (χ2n) is 5.96. The summed E-state index contributed by atoms with van der Waals surface area (Å²) < 4.78 is 8.58. The van der Waals surface area contributed by atoms with Crippen molar-refractivity contribution in [3.05, 3.63) is 37.7 Å². The number of amides is 1. The molecule has 1 saturated heterocycles. The number of anilines is 1. The highest BCUT2D eigenvalue weighted by atomic mass is 32.2. The highest BCUT2D eigenvalue weighted by molar-refractivity contribution is 8.30. The molecular weight excluding hydrogens is 422 g/mol. The lowest BCUT2D eigenvalue weighted by Crippen LogP contribution is -2.32. The van der Waals surface area contributed by atoms with E-state index in [-0.39, 0.29) is 11.5 Å². The van der Waals surface area contributed by atoms with Crippen molar-refractivity contribution in [2.75, 3.05) is 26.1 Å². The molecule has 0 spiro atoms. The average molecular weight is 438 g/mol. The quantitative estimate of drug-likeness (QED) is 0.625. The van der Waals surface area contributed by atoms with E-state index >= 15 is 0 Å². The molecule has 0 bridgehead atoms. The number of carbonyl (C=O) groups is 1. The first kappa shape index (κ1) is 18.6. The van der Waals surface area contributed by atoms with Crippen LogP contribution in [0.5, 0.6) is 5.75 Å². The van der Waals surface area contributed by atoms with Gasteiger partial charge < -0.3 is 14.2 Å². The molecule has 2 aliphatic heterocycles. The summed E-state index contributed by atoms with van der Waals surface area (Å²) in [5.41, 5.74) is 0.872. The number of methoxy groups -OCH3 is 1. The summed E-state index contributed by atoms with van der Waals surface area (Å²) in [5.74, 6) is 0.598. The van der Waals surface area contributed by atoms with Crippen LogP contribution in [0.1, 0.15) is 0 Å². The maximum Gasteiger partial charge on any atom is 0.271 e. The predicted octanol–water partition coefficient (Wildman–Crippen LogP) is 1.36. The van der Waals surface area contributed by atoms with E-state index in [1.165, 1.54) is 32.6 Å². The SMILES string of the molecule is COc1ccc2c(c1)N(C)C(=c1sc(=C3SC(=S)N(C)C3=O)n(C)c1=O)S2. The third kappa shape index (κ3) is 2.82. The van der Waals surface area contributed by atoms with Crippen molar-refractivity contribution >= 4 is 72.9 Å². The number of ether oxygens (including phenoxy) is 1. The molecule has 3 heterocycles. The molecule has 1 aromatic carbocycles. The van der Waals surface area contributed by atoms with Crippen LogP contribution in [0.15, 0.2) is 27.9 Å². The fraction of sp³-hybridized carbons (Fsp3) is 0.235. The maximum absolute atomic E-state index is 12.9. The number of thioether (sulfide) groups is 2. The van der Waals surface area contributed by atoms with Gasteiger partial charge in [-0.25, -0.2) is 0 Å². The minimum absolute atomic E-state index is 0.120. The Balaban J connectivity index is 1.94. The first-order valence-corrected chi connectivity index (χ1v) is 10.7. The van der Waals surface area contributed by atoms with Crippen molar-refractivity contribution in [2.45, 2.75) is 4.90 Å². The highest BCUT2D eigenvalue weighted by Crippen LogP contribution is 2.46. The largest absolute Gasteiger partial charge is 0.497 e. The van der Waals surface area contributed by atoms with Crippen molar-refractivity contribution in [1.29, 1.82) is 0 Å². The van der Waals surface area contributed by atoms with E-state index in [0.717, 1.165) is 21.4 Å². The van der Waals surface area contributed by atoms with Crippen LogP contribution in [-0.2, 0) is 11.8 Å². The third-order valence-electron chi connectivity index (χ3n) is 4.39. The van der Waals surface area contributed by atoms with Gasteiger partial charge in [-0.1, -0.05) is 35.7 Å². The van der Waals surface area contributed by atoms with Crippen LogP contribution in [0.4, 0.5) is 5.69 Å². The topological polar surface area (TPSA) is 54.8 Å². The fourth-order valence-electron chi connectivity index (χ4n) is 2.81. The first-order chi connectivity index (χ1) is 12.8. The molecular formula is C17H15N3O3S4. The van der Waals surface area contributed by atoms with Crippen molar-refractivity contribution in [2.24, 2.45) is 7.05 Å². The summed E-state index contributed by atoms with van der Waals surface area (Å²) in [6.07, 6.45) is 0. The molecule has 0 saturated carbocycles. The molecule has 0 radical (unpaired) electrons. The smallest absolute Gasteiger partial charge is 0.271 e. The minimum Gasteiger partial charge on any atom is -0.497 e. The number of aromatic nitrogens is 1. The zero-order chi connectivity index (χ0) is 19.5. The molecule has 27 heavy (non-hydrogen) atoms. The van der Waals surface area contributed by atoms with Gasteiger partial charge in [0.25, 0.3) is 11.5 Å². The van der Waals surface area contributed by atoms with Gasteiger partial charge in [0.15, 0.2) is 0 Å². The van der Waals surface area contributed by atoms with E-state index in [9.17, 15) is 9.59 Å². The first-order valence-electron chi connectivity index (χ1n) is 7.87. The lowest BCUT2D eigenvalue weighted by atomic mass is 10.3. The minimum atomic E-state index is -0.168. The van der Waals surface area contributed by atoms with Crippen molar-refractivity contribution in [3.63, 3.8) is 0 Å². The molecule has 1 fully saturated rings. The Morgan fingerprint density at radius 1 is 1.07 bits per heavy atom. The van der Waals surface area contributed by atoms with E-state index in [1.807, 2.05) is 30.1 Å². The zero-order valence-corrected chi connectivity index (χ0v) is 18.2. The van der Waals surface area contributed by atoms with Gasteiger partial charge in [-0.2, -0.15) is 0 Å². The number of carbonyl (C=O) groups excluding carboxylic acids is 1. The Kier molecular flexibility index (Phi) is 4.61. The van der Waals surface area contributed by atoms with Crippen LogP contribution in [0.2, 0.25) is 0 Å². The Morgan fingerprint density at radius 2 is 1.81 bits per heavy atom. The lowest BCUT2D eigenvalue weighted by molar-refractivity contribution is -0.119. The van der Waals surface area contributed by atoms with E-state index in [1.54, 1.807) is 33.0 Å². The molecule has 1 aromatic heterocycles. The van der Waals surface area contributed by atoms with E-state index < -0.39 is 0 Å². The Bertz CT molecular complexity index is 1180. The van der Waals surface area contributed by atoms with Crippen LogP contribution in [0.25, 0.3) is 9.93 Å². The molecule has 0 atom stereocenters. The van der Waals surface area contributed by atoms with Crippen LogP contribution in [0.3, 0.4) is 0 Å². The number of thiazole rings is 1. The standard InChI is InChI=1S/C17H15N3O3S4/c1-18-9-7-8(23-4)5-6-10(9)25-15(18)11-13(21)19(2)16(26-11)12-14(22)20(3)17(24)27-12/h5-7H,1-4H3. The van der Waals surface area contributed by atoms with Gasteiger partial charge in [-0.3, -0.25) is 14.5 Å². The number of thiocarbonyl (C=S) groups is 1. The number of hydrogen-bond acceptors (Lipinski definition) is 8. The number of benzene rings is 1. The normalized spacial score (nSPS) is 20.6. The van der Waals surface area contributed by atoms with Gasteiger partial charge in [-0.05, 0) is 12.1 Å². The second kappa shape index (κ2) is 6.69. The van der Waals surface area contributed by atoms with Gasteiger partial charge in [0, 0.05) is 32.1 Å². The lowest BCUT2D eigenvalue weighted by Gasteiger charge is -2.13. The maximum atomic E-state index is 12.9. The molecule has 2 aliphatic rings. The highest BCUT2D eigenvalue weighted by Gasteiger charge is 2.32. The molecule has 1 amide bonds. The van der Waals surface area contributed by atoms with Gasteiger partial charge in [0.05, 0.1) is 12.8 Å². The third-order valence-corrected chi connectivity index (χ3v) is 8.67. The second-order valence-corrected chi connectivity index (χ2v) is 9.64. The number of nitrogens with zero attached hydrogens (tertiary/aromatic N) is 3. The van der Waals surface area contributed by atoms with E-state index in [0.29, 0.717) is 18.4 Å². The Labute approximate surface area is 173 Å². The fourth-order valence-corrected chi connectivity index (χ4v) is 6.59. The summed E-state index contributed by atoms with van der Waals surface area (Å²) in [5, 5.41) is 0.849. The van der Waals surface area contributed by atoms with Gasteiger partial charge >= 0.3 is 0 Å². The van der Waals surface area contributed by atoms with Gasteiger partial charge in [0.2, 0.25) is 0 Å². The summed E-state index contributed by atoms with van der Waals surface area (Å²) in [6, 6.07) is 5.84. The van der Waals surface area contributed by atoms with Crippen molar-refractivity contribution in [3.8, 4) is 5.75 Å². The predicted molar refractivity (Wildman–Crippen MR) is 116 cm³/mol. The molecule has 0 N–H and O–H groups in total. The van der Waals surface area contributed by atoms with Crippen LogP contribution in [0, 0.1) is 0 Å². The van der Waals surface area contributed by atoms with Gasteiger partial charge in [-0.15, -0.1) is 11.3 Å². The molecule has 4 rings (SSSR count). The zero-order valence-electron chi connectivity index (χ0n) is 14.9.